The van der Waals surface area contributed by atoms with Gasteiger partial charge in [0.25, 0.3) is 5.91 Å². The number of hydrogen-bond acceptors (Lipinski definition) is 4. The van der Waals surface area contributed by atoms with Crippen LogP contribution < -0.4 is 16.0 Å². The number of carbonyl (C=O) groups is 2. The van der Waals surface area contributed by atoms with E-state index in [1.165, 1.54) is 7.05 Å². The van der Waals surface area contributed by atoms with E-state index >= 15 is 0 Å². The van der Waals surface area contributed by atoms with E-state index in [1.807, 2.05) is 0 Å². The van der Waals surface area contributed by atoms with E-state index in [-0.39, 0.29) is 6.10 Å². The second-order valence-corrected chi connectivity index (χ2v) is 4.88. The van der Waals surface area contributed by atoms with Crippen LogP contribution in [-0.4, -0.2) is 43.8 Å². The average Bonchev–Trinajstić information content (AvgIpc) is 2.41. The predicted octanol–water partition coefficient (Wildman–Crippen LogP) is 0.768. The first kappa shape index (κ1) is 15.9. The molecule has 0 radical (unpaired) electrons. The Hall–Kier alpha value is -1.14. The third-order valence-electron chi connectivity index (χ3n) is 3.40. The summed E-state index contributed by atoms with van der Waals surface area (Å²) in [5.74, 6) is -0.395. The van der Waals surface area contributed by atoms with Crippen molar-refractivity contribution >= 4 is 11.9 Å². The Bertz CT molecular complexity index is 302. The fraction of sp³-hybridized carbons (Fsp3) is 0.846. The largest absolute Gasteiger partial charge is 0.365 e. The van der Waals surface area contributed by atoms with Crippen molar-refractivity contribution in [1.29, 1.82) is 0 Å². The van der Waals surface area contributed by atoms with E-state index in [4.69, 9.17) is 4.74 Å². The first-order chi connectivity index (χ1) is 9.06. The van der Waals surface area contributed by atoms with Crippen molar-refractivity contribution in [3.05, 3.63) is 0 Å². The Labute approximate surface area is 114 Å². The molecule has 1 aliphatic rings. The molecule has 6 nitrogen and oxygen atoms in total. The second kappa shape index (κ2) is 8.12. The number of hydrogen-bond donors (Lipinski definition) is 3. The standard InChI is InChI=1S/C13H25N3O3/c1-4-15-10-5-7-11(8-6-10)19-9(2)12(17)16-13(18)14-3/h9-11,15H,4-8H2,1-3H3,(H2,14,16,17,18). The topological polar surface area (TPSA) is 79.5 Å². The van der Waals surface area contributed by atoms with Crippen LogP contribution in [0.25, 0.3) is 0 Å². The maximum atomic E-state index is 11.6. The molecule has 19 heavy (non-hydrogen) atoms. The van der Waals surface area contributed by atoms with Crippen LogP contribution in [0.15, 0.2) is 0 Å². The molecular weight excluding hydrogens is 246 g/mol. The van der Waals surface area contributed by atoms with Crippen molar-refractivity contribution in [2.75, 3.05) is 13.6 Å². The van der Waals surface area contributed by atoms with Gasteiger partial charge in [-0.3, -0.25) is 10.1 Å². The number of carbonyl (C=O) groups excluding carboxylic acids is 2. The van der Waals surface area contributed by atoms with Crippen molar-refractivity contribution in [3.8, 4) is 0 Å². The van der Waals surface area contributed by atoms with Crippen molar-refractivity contribution in [3.63, 3.8) is 0 Å². The van der Waals surface area contributed by atoms with Crippen LogP contribution in [0.2, 0.25) is 0 Å². The highest BCUT2D eigenvalue weighted by atomic mass is 16.5. The minimum atomic E-state index is -0.599. The van der Waals surface area contributed by atoms with Gasteiger partial charge in [0.15, 0.2) is 0 Å². The van der Waals surface area contributed by atoms with Gasteiger partial charge < -0.3 is 15.4 Å². The Morgan fingerprint density at radius 1 is 1.26 bits per heavy atom. The summed E-state index contributed by atoms with van der Waals surface area (Å²) in [7, 11) is 1.47. The van der Waals surface area contributed by atoms with Gasteiger partial charge in [-0.2, -0.15) is 0 Å². The maximum Gasteiger partial charge on any atom is 0.321 e. The smallest absolute Gasteiger partial charge is 0.321 e. The number of imide groups is 1. The minimum absolute atomic E-state index is 0.111. The second-order valence-electron chi connectivity index (χ2n) is 4.88. The highest BCUT2D eigenvalue weighted by molar-refractivity contribution is 5.96. The molecule has 3 amide bonds. The van der Waals surface area contributed by atoms with Crippen molar-refractivity contribution in [2.45, 2.75) is 57.8 Å². The molecule has 0 spiro atoms. The first-order valence-corrected chi connectivity index (χ1v) is 6.98. The summed E-state index contributed by atoms with van der Waals surface area (Å²) >= 11 is 0. The quantitative estimate of drug-likeness (QED) is 0.690. The highest BCUT2D eigenvalue weighted by Crippen LogP contribution is 2.22. The van der Waals surface area contributed by atoms with Crippen LogP contribution in [-0.2, 0) is 9.53 Å². The van der Waals surface area contributed by atoms with Crippen LogP contribution in [0, 0.1) is 0 Å². The van der Waals surface area contributed by atoms with Crippen LogP contribution in [0.4, 0.5) is 4.79 Å². The lowest BCUT2D eigenvalue weighted by molar-refractivity contribution is -0.135. The number of nitrogens with one attached hydrogen (secondary N) is 3. The van der Waals surface area contributed by atoms with Gasteiger partial charge in [0.2, 0.25) is 0 Å². The Morgan fingerprint density at radius 3 is 2.42 bits per heavy atom. The van der Waals surface area contributed by atoms with Gasteiger partial charge in [-0.15, -0.1) is 0 Å². The van der Waals surface area contributed by atoms with Crippen LogP contribution in [0.3, 0.4) is 0 Å². The van der Waals surface area contributed by atoms with E-state index in [2.05, 4.69) is 22.9 Å². The first-order valence-electron chi connectivity index (χ1n) is 6.98. The molecule has 1 atom stereocenters. The Morgan fingerprint density at radius 2 is 1.89 bits per heavy atom. The molecule has 1 fully saturated rings. The molecule has 110 valence electrons. The molecule has 0 saturated heterocycles. The zero-order valence-electron chi connectivity index (χ0n) is 12.0. The molecule has 0 aromatic carbocycles. The number of rotatable bonds is 5. The summed E-state index contributed by atoms with van der Waals surface area (Å²) in [6.07, 6.45) is 3.56. The lowest BCUT2D eigenvalue weighted by Crippen LogP contribution is -2.44. The molecule has 1 unspecified atom stereocenters. The van der Waals surface area contributed by atoms with Gasteiger partial charge in [-0.25, -0.2) is 4.79 Å². The SMILES string of the molecule is CCNC1CCC(OC(C)C(=O)NC(=O)NC)CC1. The molecule has 0 aromatic rings. The summed E-state index contributed by atoms with van der Waals surface area (Å²) in [6, 6.07) is 0.0659. The third-order valence-corrected chi connectivity index (χ3v) is 3.40. The number of amides is 3. The zero-order chi connectivity index (χ0) is 14.3. The monoisotopic (exact) mass is 271 g/mol. The van der Waals surface area contributed by atoms with Gasteiger partial charge in [0, 0.05) is 13.1 Å². The third kappa shape index (κ3) is 5.57. The fourth-order valence-electron chi connectivity index (χ4n) is 2.32. The molecule has 6 heteroatoms. The molecular formula is C13H25N3O3. The van der Waals surface area contributed by atoms with E-state index in [0.29, 0.717) is 6.04 Å². The molecule has 0 aromatic heterocycles. The molecule has 1 aliphatic carbocycles. The molecule has 1 rings (SSSR count). The summed E-state index contributed by atoms with van der Waals surface area (Å²) in [4.78, 5) is 22.7. The van der Waals surface area contributed by atoms with Gasteiger partial charge >= 0.3 is 6.03 Å². The molecule has 1 saturated carbocycles. The molecule has 0 aliphatic heterocycles. The van der Waals surface area contributed by atoms with E-state index in [0.717, 1.165) is 32.2 Å². The molecule has 3 N–H and O–H groups in total. The predicted molar refractivity (Wildman–Crippen MR) is 72.9 cm³/mol. The lowest BCUT2D eigenvalue weighted by Gasteiger charge is -2.30. The lowest BCUT2D eigenvalue weighted by atomic mass is 9.93. The van der Waals surface area contributed by atoms with Gasteiger partial charge in [-0.1, -0.05) is 6.92 Å². The Kier molecular flexibility index (Phi) is 6.80. The molecule has 0 bridgehead atoms. The van der Waals surface area contributed by atoms with Crippen molar-refractivity contribution < 1.29 is 14.3 Å². The number of ether oxygens (including phenoxy) is 1. The van der Waals surface area contributed by atoms with Gasteiger partial charge in [0.05, 0.1) is 6.10 Å². The van der Waals surface area contributed by atoms with E-state index in [1.54, 1.807) is 6.92 Å². The van der Waals surface area contributed by atoms with Crippen molar-refractivity contribution in [1.82, 2.24) is 16.0 Å². The van der Waals surface area contributed by atoms with Crippen LogP contribution in [0.5, 0.6) is 0 Å². The fourth-order valence-corrected chi connectivity index (χ4v) is 2.32. The summed E-state index contributed by atoms with van der Waals surface area (Å²) < 4.78 is 5.71. The Balaban J connectivity index is 2.28. The zero-order valence-corrected chi connectivity index (χ0v) is 12.0. The molecule has 0 heterocycles. The normalized spacial score (nSPS) is 24.6. The van der Waals surface area contributed by atoms with Gasteiger partial charge in [-0.05, 0) is 39.2 Å². The summed E-state index contributed by atoms with van der Waals surface area (Å²) in [5, 5.41) is 7.99. The van der Waals surface area contributed by atoms with Crippen molar-refractivity contribution in [2.24, 2.45) is 0 Å². The minimum Gasteiger partial charge on any atom is -0.365 e. The maximum absolute atomic E-state index is 11.6. The highest BCUT2D eigenvalue weighted by Gasteiger charge is 2.25. The van der Waals surface area contributed by atoms with E-state index in [9.17, 15) is 9.59 Å². The average molecular weight is 271 g/mol. The number of urea groups is 1. The van der Waals surface area contributed by atoms with Gasteiger partial charge in [0.1, 0.15) is 6.10 Å². The summed E-state index contributed by atoms with van der Waals surface area (Å²) in [5.41, 5.74) is 0. The van der Waals surface area contributed by atoms with Crippen LogP contribution >= 0.6 is 0 Å². The van der Waals surface area contributed by atoms with E-state index < -0.39 is 18.0 Å². The van der Waals surface area contributed by atoms with Crippen LogP contribution in [0.1, 0.15) is 39.5 Å². The summed E-state index contributed by atoms with van der Waals surface area (Å²) in [6.45, 7) is 4.77.